The largest absolute Gasteiger partial charge is 0.496 e. The Morgan fingerprint density at radius 2 is 1.92 bits per heavy atom. The second-order valence-corrected chi connectivity index (χ2v) is 7.67. The minimum absolute atomic E-state index is 0.131. The van der Waals surface area contributed by atoms with Gasteiger partial charge in [-0.1, -0.05) is 32.0 Å². The molecular formula is C20H32N2O2. The van der Waals surface area contributed by atoms with E-state index in [4.69, 9.17) is 4.74 Å². The van der Waals surface area contributed by atoms with Gasteiger partial charge in [-0.05, 0) is 63.2 Å². The smallest absolute Gasteiger partial charge is 0.239 e. The number of carbonyl (C=O) groups is 1. The highest BCUT2D eigenvalue weighted by Crippen LogP contribution is 2.35. The van der Waals surface area contributed by atoms with Crippen molar-refractivity contribution in [2.45, 2.75) is 52.0 Å². The first-order valence-corrected chi connectivity index (χ1v) is 9.02. The van der Waals surface area contributed by atoms with Crippen molar-refractivity contribution in [3.63, 3.8) is 0 Å². The molecule has 1 saturated heterocycles. The molecule has 0 saturated carbocycles. The Bertz CT molecular complexity index is 546. The fraction of sp³-hybridized carbons (Fsp3) is 0.650. The number of hydrogen-bond acceptors (Lipinski definition) is 3. The molecule has 1 aromatic rings. The summed E-state index contributed by atoms with van der Waals surface area (Å²) < 4.78 is 5.51. The third-order valence-electron chi connectivity index (χ3n) is 5.09. The maximum atomic E-state index is 12.5. The van der Waals surface area contributed by atoms with Gasteiger partial charge in [-0.2, -0.15) is 0 Å². The van der Waals surface area contributed by atoms with Crippen LogP contribution in [0.3, 0.4) is 0 Å². The van der Waals surface area contributed by atoms with E-state index in [-0.39, 0.29) is 5.91 Å². The molecule has 1 aliphatic heterocycles. The molecule has 1 aromatic carbocycles. The van der Waals surface area contributed by atoms with E-state index in [1.54, 1.807) is 7.11 Å². The molecule has 1 fully saturated rings. The van der Waals surface area contributed by atoms with Gasteiger partial charge in [-0.3, -0.25) is 9.69 Å². The van der Waals surface area contributed by atoms with Crippen LogP contribution in [0, 0.1) is 5.92 Å². The second kappa shape index (κ2) is 8.02. The number of hydrogen-bond donors (Lipinski definition) is 1. The lowest BCUT2D eigenvalue weighted by molar-refractivity contribution is -0.132. The summed E-state index contributed by atoms with van der Waals surface area (Å²) in [7, 11) is 1.73. The minimum atomic E-state index is -0.458. The predicted octanol–water partition coefficient (Wildman–Crippen LogP) is 3.43. The number of likely N-dealkylation sites (tertiary alicyclic amines) is 1. The van der Waals surface area contributed by atoms with Gasteiger partial charge in [0.2, 0.25) is 5.91 Å². The van der Waals surface area contributed by atoms with Gasteiger partial charge < -0.3 is 10.1 Å². The predicted molar refractivity (Wildman–Crippen MR) is 98.5 cm³/mol. The molecular weight excluding hydrogens is 300 g/mol. The number of methoxy groups -OCH3 is 1. The summed E-state index contributed by atoms with van der Waals surface area (Å²) in [6.07, 6.45) is 2.11. The summed E-state index contributed by atoms with van der Waals surface area (Å²) in [5, 5.41) is 3.08. The molecule has 0 aromatic heterocycles. The summed E-state index contributed by atoms with van der Waals surface area (Å²) in [4.78, 5) is 14.9. The zero-order valence-corrected chi connectivity index (χ0v) is 15.8. The molecule has 0 unspecified atom stereocenters. The van der Waals surface area contributed by atoms with Gasteiger partial charge in [-0.15, -0.1) is 0 Å². The average molecular weight is 332 g/mol. The zero-order valence-electron chi connectivity index (χ0n) is 15.8. The quantitative estimate of drug-likeness (QED) is 0.868. The van der Waals surface area contributed by atoms with Crippen LogP contribution in [-0.4, -0.2) is 43.1 Å². The first kappa shape index (κ1) is 18.8. The number of ether oxygens (including phenoxy) is 1. The number of nitrogens with zero attached hydrogens (tertiary/aromatic N) is 1. The number of rotatable bonds is 6. The van der Waals surface area contributed by atoms with E-state index in [9.17, 15) is 4.79 Å². The van der Waals surface area contributed by atoms with E-state index in [0.29, 0.717) is 11.8 Å². The lowest BCUT2D eigenvalue weighted by atomic mass is 9.86. The zero-order chi connectivity index (χ0) is 17.7. The van der Waals surface area contributed by atoms with Crippen molar-refractivity contribution in [1.82, 2.24) is 10.2 Å². The molecule has 1 aliphatic rings. The summed E-state index contributed by atoms with van der Waals surface area (Å²) >= 11 is 0. The van der Waals surface area contributed by atoms with Gasteiger partial charge in [0.15, 0.2) is 0 Å². The van der Waals surface area contributed by atoms with Crippen molar-refractivity contribution in [1.29, 1.82) is 0 Å². The van der Waals surface area contributed by atoms with Crippen LogP contribution < -0.4 is 10.1 Å². The van der Waals surface area contributed by atoms with Gasteiger partial charge in [0.1, 0.15) is 5.75 Å². The fourth-order valence-electron chi connectivity index (χ4n) is 3.41. The summed E-state index contributed by atoms with van der Waals surface area (Å²) in [6.45, 7) is 10.9. The summed E-state index contributed by atoms with van der Waals surface area (Å²) in [5.41, 5.74) is 0.836. The van der Waals surface area contributed by atoms with Crippen molar-refractivity contribution in [3.05, 3.63) is 29.8 Å². The number of piperidine rings is 1. The van der Waals surface area contributed by atoms with E-state index >= 15 is 0 Å². The van der Waals surface area contributed by atoms with Crippen LogP contribution in [0.1, 0.15) is 52.0 Å². The molecule has 0 spiro atoms. The van der Waals surface area contributed by atoms with Gasteiger partial charge >= 0.3 is 0 Å². The van der Waals surface area contributed by atoms with E-state index in [1.807, 2.05) is 26.0 Å². The number of para-hydroxylation sites is 1. The van der Waals surface area contributed by atoms with Crippen LogP contribution in [0.15, 0.2) is 24.3 Å². The first-order valence-electron chi connectivity index (χ1n) is 9.02. The maximum absolute atomic E-state index is 12.5. The molecule has 2 rings (SSSR count). The molecule has 0 atom stereocenters. The highest BCUT2D eigenvalue weighted by atomic mass is 16.5. The molecule has 1 amide bonds. The highest BCUT2D eigenvalue weighted by molar-refractivity contribution is 5.85. The number of benzene rings is 1. The lowest BCUT2D eigenvalue weighted by Crippen LogP contribution is -2.57. The Morgan fingerprint density at radius 1 is 1.29 bits per heavy atom. The monoisotopic (exact) mass is 332 g/mol. The van der Waals surface area contributed by atoms with Crippen molar-refractivity contribution >= 4 is 5.91 Å². The Balaban J connectivity index is 1.97. The van der Waals surface area contributed by atoms with E-state index in [1.165, 1.54) is 5.56 Å². The third-order valence-corrected chi connectivity index (χ3v) is 5.09. The van der Waals surface area contributed by atoms with Crippen molar-refractivity contribution in [3.8, 4) is 5.75 Å². The standard InChI is InChI=1S/C20H32N2O2/c1-15(2)14-21-19(23)20(3,4)22-12-10-16(11-13-22)17-8-6-7-9-18(17)24-5/h6-9,15-16H,10-14H2,1-5H3,(H,21,23). The SMILES string of the molecule is COc1ccccc1C1CCN(C(C)(C)C(=O)NCC(C)C)CC1. The van der Waals surface area contributed by atoms with Crippen LogP contribution in [0.5, 0.6) is 5.75 Å². The number of carbonyl (C=O) groups excluding carboxylic acids is 1. The van der Waals surface area contributed by atoms with Gasteiger partial charge in [-0.25, -0.2) is 0 Å². The second-order valence-electron chi connectivity index (χ2n) is 7.67. The van der Waals surface area contributed by atoms with Crippen LogP contribution in [0.4, 0.5) is 0 Å². The molecule has 24 heavy (non-hydrogen) atoms. The average Bonchev–Trinajstić information content (AvgIpc) is 2.59. The molecule has 4 nitrogen and oxygen atoms in total. The minimum Gasteiger partial charge on any atom is -0.496 e. The lowest BCUT2D eigenvalue weighted by Gasteiger charge is -2.42. The van der Waals surface area contributed by atoms with E-state index in [0.717, 1.165) is 38.2 Å². The normalized spacial score (nSPS) is 17.1. The van der Waals surface area contributed by atoms with Crippen molar-refractivity contribution < 1.29 is 9.53 Å². The third kappa shape index (κ3) is 4.29. The fourth-order valence-corrected chi connectivity index (χ4v) is 3.41. The van der Waals surface area contributed by atoms with E-state index < -0.39 is 5.54 Å². The maximum Gasteiger partial charge on any atom is 0.239 e. The molecule has 1 heterocycles. The first-order chi connectivity index (χ1) is 11.4. The Labute approximate surface area is 146 Å². The summed E-state index contributed by atoms with van der Waals surface area (Å²) in [6, 6.07) is 8.29. The molecule has 0 aliphatic carbocycles. The van der Waals surface area contributed by atoms with Crippen molar-refractivity contribution in [2.24, 2.45) is 5.92 Å². The molecule has 134 valence electrons. The Morgan fingerprint density at radius 3 is 2.50 bits per heavy atom. The molecule has 4 heteroatoms. The van der Waals surface area contributed by atoms with Crippen molar-refractivity contribution in [2.75, 3.05) is 26.7 Å². The molecule has 1 N–H and O–H groups in total. The highest BCUT2D eigenvalue weighted by Gasteiger charge is 2.37. The van der Waals surface area contributed by atoms with Gasteiger partial charge in [0.25, 0.3) is 0 Å². The topological polar surface area (TPSA) is 41.6 Å². The van der Waals surface area contributed by atoms with Crippen LogP contribution in [0.2, 0.25) is 0 Å². The summed E-state index contributed by atoms with van der Waals surface area (Å²) in [5.74, 6) is 2.09. The van der Waals surface area contributed by atoms with Crippen LogP contribution >= 0.6 is 0 Å². The van der Waals surface area contributed by atoms with Crippen LogP contribution in [-0.2, 0) is 4.79 Å². The van der Waals surface area contributed by atoms with E-state index in [2.05, 4.69) is 36.2 Å². The number of nitrogens with one attached hydrogen (secondary N) is 1. The van der Waals surface area contributed by atoms with Gasteiger partial charge in [0, 0.05) is 6.54 Å². The molecule has 0 bridgehead atoms. The van der Waals surface area contributed by atoms with Crippen LogP contribution in [0.25, 0.3) is 0 Å². The molecule has 0 radical (unpaired) electrons. The number of amides is 1. The Kier molecular flexibility index (Phi) is 6.27. The van der Waals surface area contributed by atoms with Gasteiger partial charge in [0.05, 0.1) is 12.6 Å². The Hall–Kier alpha value is -1.55.